The molecular weight excluding hydrogens is 320 g/mol. The first kappa shape index (κ1) is 14.3. The molecule has 1 aromatic carbocycles. The molecule has 1 spiro atoms. The van der Waals surface area contributed by atoms with Gasteiger partial charge in [-0.2, -0.15) is 0 Å². The van der Waals surface area contributed by atoms with Crippen molar-refractivity contribution in [1.29, 1.82) is 0 Å². The number of anilines is 2. The molecule has 0 radical (unpaired) electrons. The first-order chi connectivity index (χ1) is 11.8. The van der Waals surface area contributed by atoms with Crippen molar-refractivity contribution in [3.63, 3.8) is 0 Å². The Balaban J connectivity index is 1.71. The van der Waals surface area contributed by atoms with Crippen molar-refractivity contribution in [2.24, 2.45) is 0 Å². The molecule has 24 heavy (non-hydrogen) atoms. The number of aromatic amines is 1. The predicted octanol–water partition coefficient (Wildman–Crippen LogP) is 3.99. The lowest BCUT2D eigenvalue weighted by Crippen LogP contribution is -2.42. The van der Waals surface area contributed by atoms with Gasteiger partial charge in [0.05, 0.1) is 16.1 Å². The fraction of sp³-hybridized carbons (Fsp3) is 0.316. The van der Waals surface area contributed by atoms with E-state index >= 15 is 0 Å². The molecule has 2 aliphatic rings. The Morgan fingerprint density at radius 3 is 2.79 bits per heavy atom. The second-order valence-electron chi connectivity index (χ2n) is 6.82. The van der Waals surface area contributed by atoms with Gasteiger partial charge in [0.25, 0.3) is 0 Å². The van der Waals surface area contributed by atoms with Crippen molar-refractivity contribution in [1.82, 2.24) is 15.3 Å². The Morgan fingerprint density at radius 1 is 1.08 bits per heavy atom. The molecule has 1 fully saturated rings. The number of para-hydroxylation sites is 1. The van der Waals surface area contributed by atoms with Crippen LogP contribution in [0.2, 0.25) is 5.02 Å². The van der Waals surface area contributed by atoms with Crippen LogP contribution in [0.25, 0.3) is 11.0 Å². The highest BCUT2D eigenvalue weighted by Gasteiger charge is 2.43. The number of aromatic nitrogens is 2. The van der Waals surface area contributed by atoms with Gasteiger partial charge in [-0.15, -0.1) is 0 Å². The zero-order valence-corrected chi connectivity index (χ0v) is 14.1. The molecule has 3 aromatic rings. The predicted molar refractivity (Wildman–Crippen MR) is 98.3 cm³/mol. The number of pyridine rings is 1. The highest BCUT2D eigenvalue weighted by atomic mass is 35.5. The monoisotopic (exact) mass is 338 g/mol. The molecule has 122 valence electrons. The van der Waals surface area contributed by atoms with Gasteiger partial charge in [0.1, 0.15) is 5.65 Å². The number of hydrogen-bond acceptors (Lipinski definition) is 3. The molecule has 1 saturated heterocycles. The summed E-state index contributed by atoms with van der Waals surface area (Å²) >= 11 is 6.45. The standard InChI is InChI=1S/C19H19ClN4/c20-14-11-23-18-17(14)16(5-8-22-18)24-12-19(6-9-21-10-7-19)13-3-1-2-4-15(13)24/h1-5,8,11,21H,6-7,9-10,12H2,(H,22,23). The lowest BCUT2D eigenvalue weighted by atomic mass is 9.75. The second kappa shape index (κ2) is 5.23. The van der Waals surface area contributed by atoms with Crippen molar-refractivity contribution in [2.45, 2.75) is 18.3 Å². The Bertz CT molecular complexity index is 911. The highest BCUT2D eigenvalue weighted by Crippen LogP contribution is 2.50. The van der Waals surface area contributed by atoms with Crippen LogP contribution >= 0.6 is 11.6 Å². The summed E-state index contributed by atoms with van der Waals surface area (Å²) in [6.45, 7) is 3.17. The maximum atomic E-state index is 6.45. The number of rotatable bonds is 1. The molecule has 2 aromatic heterocycles. The number of piperidine rings is 1. The summed E-state index contributed by atoms with van der Waals surface area (Å²) in [4.78, 5) is 10.0. The molecule has 5 rings (SSSR count). The summed E-state index contributed by atoms with van der Waals surface area (Å²) in [5.74, 6) is 0. The normalized spacial score (nSPS) is 19.1. The third kappa shape index (κ3) is 1.93. The number of halogens is 1. The minimum absolute atomic E-state index is 0.236. The Kier molecular flexibility index (Phi) is 3.12. The van der Waals surface area contributed by atoms with E-state index in [0.29, 0.717) is 0 Å². The summed E-state index contributed by atoms with van der Waals surface area (Å²) in [6.07, 6.45) is 6.04. The highest BCUT2D eigenvalue weighted by molar-refractivity contribution is 6.36. The van der Waals surface area contributed by atoms with Crippen LogP contribution in [-0.2, 0) is 5.41 Å². The molecular formula is C19H19ClN4. The van der Waals surface area contributed by atoms with Crippen molar-refractivity contribution >= 4 is 34.0 Å². The largest absolute Gasteiger partial charge is 0.345 e. The van der Waals surface area contributed by atoms with Gasteiger partial charge in [-0.25, -0.2) is 4.98 Å². The van der Waals surface area contributed by atoms with Gasteiger partial charge in [-0.1, -0.05) is 29.8 Å². The first-order valence-corrected chi connectivity index (χ1v) is 8.86. The maximum Gasteiger partial charge on any atom is 0.140 e. The van der Waals surface area contributed by atoms with Gasteiger partial charge in [-0.3, -0.25) is 0 Å². The van der Waals surface area contributed by atoms with E-state index in [4.69, 9.17) is 11.6 Å². The second-order valence-corrected chi connectivity index (χ2v) is 7.23. The van der Waals surface area contributed by atoms with Gasteiger partial charge < -0.3 is 15.2 Å². The fourth-order valence-corrected chi connectivity index (χ4v) is 4.64. The Labute approximate surface area is 145 Å². The zero-order chi connectivity index (χ0) is 16.1. The molecule has 0 amide bonds. The molecule has 0 aliphatic carbocycles. The average Bonchev–Trinajstić information content (AvgIpc) is 3.16. The van der Waals surface area contributed by atoms with Gasteiger partial charge in [0.15, 0.2) is 0 Å². The molecule has 0 saturated carbocycles. The first-order valence-electron chi connectivity index (χ1n) is 8.48. The van der Waals surface area contributed by atoms with Crippen LogP contribution in [0.15, 0.2) is 42.7 Å². The number of nitrogens with zero attached hydrogens (tertiary/aromatic N) is 2. The molecule has 5 heteroatoms. The zero-order valence-electron chi connectivity index (χ0n) is 13.3. The maximum absolute atomic E-state index is 6.45. The SMILES string of the molecule is Clc1c[nH]c2nccc(N3CC4(CCNCC4)c4ccccc43)c12. The van der Waals surface area contributed by atoms with E-state index in [1.54, 1.807) is 0 Å². The van der Waals surface area contributed by atoms with Crippen LogP contribution in [0, 0.1) is 0 Å². The van der Waals surface area contributed by atoms with Crippen molar-refractivity contribution in [3.05, 3.63) is 53.3 Å². The molecule has 2 aliphatic heterocycles. The van der Waals surface area contributed by atoms with E-state index in [9.17, 15) is 0 Å². The smallest absolute Gasteiger partial charge is 0.140 e. The van der Waals surface area contributed by atoms with Crippen LogP contribution in [0.5, 0.6) is 0 Å². The number of nitrogens with one attached hydrogen (secondary N) is 2. The summed E-state index contributed by atoms with van der Waals surface area (Å²) in [5, 5.41) is 5.25. The lowest BCUT2D eigenvalue weighted by Gasteiger charge is -2.35. The van der Waals surface area contributed by atoms with Gasteiger partial charge in [-0.05, 0) is 43.6 Å². The fourth-order valence-electron chi connectivity index (χ4n) is 4.40. The van der Waals surface area contributed by atoms with Gasteiger partial charge >= 0.3 is 0 Å². The molecule has 0 bridgehead atoms. The number of benzene rings is 1. The summed E-state index contributed by atoms with van der Waals surface area (Å²) < 4.78 is 0. The van der Waals surface area contributed by atoms with Gasteiger partial charge in [0.2, 0.25) is 0 Å². The van der Waals surface area contributed by atoms with E-state index in [0.717, 1.165) is 41.4 Å². The van der Waals surface area contributed by atoms with Crippen LogP contribution < -0.4 is 10.2 Å². The van der Waals surface area contributed by atoms with E-state index < -0.39 is 0 Å². The van der Waals surface area contributed by atoms with E-state index in [1.165, 1.54) is 24.1 Å². The molecule has 4 nitrogen and oxygen atoms in total. The van der Waals surface area contributed by atoms with E-state index in [1.807, 2.05) is 12.4 Å². The van der Waals surface area contributed by atoms with Crippen molar-refractivity contribution in [2.75, 3.05) is 24.5 Å². The third-order valence-electron chi connectivity index (χ3n) is 5.58. The summed E-state index contributed by atoms with van der Waals surface area (Å²) in [5.41, 5.74) is 5.02. The minimum Gasteiger partial charge on any atom is -0.345 e. The lowest BCUT2D eigenvalue weighted by molar-refractivity contribution is 0.329. The van der Waals surface area contributed by atoms with Crippen LogP contribution in [0.1, 0.15) is 18.4 Å². The molecule has 0 unspecified atom stereocenters. The van der Waals surface area contributed by atoms with Crippen LogP contribution in [0.4, 0.5) is 11.4 Å². The summed E-state index contributed by atoms with van der Waals surface area (Å²) in [6, 6.07) is 10.9. The number of hydrogen-bond donors (Lipinski definition) is 2. The van der Waals surface area contributed by atoms with Gasteiger partial charge in [0, 0.05) is 30.0 Å². The van der Waals surface area contributed by atoms with Crippen LogP contribution in [-0.4, -0.2) is 29.6 Å². The topological polar surface area (TPSA) is 44.0 Å². The quantitative estimate of drug-likeness (QED) is 0.705. The molecule has 0 atom stereocenters. The minimum atomic E-state index is 0.236. The van der Waals surface area contributed by atoms with Crippen molar-refractivity contribution in [3.8, 4) is 0 Å². The number of fused-ring (bicyclic) bond motifs is 3. The number of H-pyrrole nitrogens is 1. The van der Waals surface area contributed by atoms with Crippen LogP contribution in [0.3, 0.4) is 0 Å². The third-order valence-corrected chi connectivity index (χ3v) is 5.88. The van der Waals surface area contributed by atoms with E-state index in [2.05, 4.69) is 50.5 Å². The van der Waals surface area contributed by atoms with E-state index in [-0.39, 0.29) is 5.41 Å². The Hall–Kier alpha value is -2.04. The molecule has 2 N–H and O–H groups in total. The van der Waals surface area contributed by atoms with Crippen molar-refractivity contribution < 1.29 is 0 Å². The Morgan fingerprint density at radius 2 is 1.92 bits per heavy atom. The average molecular weight is 339 g/mol. The summed E-state index contributed by atoms with van der Waals surface area (Å²) in [7, 11) is 0. The molecule has 4 heterocycles.